The summed E-state index contributed by atoms with van der Waals surface area (Å²) in [6.07, 6.45) is 13.9. The van der Waals surface area contributed by atoms with Crippen molar-refractivity contribution in [2.45, 2.75) is 91.8 Å². The zero-order chi connectivity index (χ0) is 19.6. The van der Waals surface area contributed by atoms with Gasteiger partial charge in [-0.3, -0.25) is 0 Å². The van der Waals surface area contributed by atoms with E-state index in [0.29, 0.717) is 5.69 Å². The molecule has 0 spiro atoms. The van der Waals surface area contributed by atoms with E-state index in [-0.39, 0.29) is 0 Å². The van der Waals surface area contributed by atoms with Crippen LogP contribution in [0.1, 0.15) is 96.4 Å². The molecule has 0 atom stereocenters. The van der Waals surface area contributed by atoms with E-state index in [0.717, 1.165) is 12.1 Å². The van der Waals surface area contributed by atoms with Gasteiger partial charge in [0.25, 0.3) is 0 Å². The van der Waals surface area contributed by atoms with Gasteiger partial charge in [-0.1, -0.05) is 40.0 Å². The summed E-state index contributed by atoms with van der Waals surface area (Å²) in [6, 6.07) is 0. The minimum atomic E-state index is -1.13. The normalized spacial score (nSPS) is 12.4. The van der Waals surface area contributed by atoms with Crippen molar-refractivity contribution in [1.29, 1.82) is 0 Å². The molecule has 0 aliphatic carbocycles. The predicted molar refractivity (Wildman–Crippen MR) is 112 cm³/mol. The number of hydrogen-bond acceptors (Lipinski definition) is 4. The maximum Gasteiger partial charge on any atom is 0.360 e. The number of hydrogen-bond donors (Lipinski definition) is 0. The maximum atomic E-state index is 12.2. The van der Waals surface area contributed by atoms with Crippen LogP contribution in [0, 0.1) is 0 Å². The van der Waals surface area contributed by atoms with Gasteiger partial charge in [0.05, 0.1) is 18.5 Å². The van der Waals surface area contributed by atoms with Gasteiger partial charge in [-0.05, 0) is 40.0 Å². The van der Waals surface area contributed by atoms with Crippen molar-refractivity contribution in [3.05, 3.63) is 17.8 Å². The third-order valence-electron chi connectivity index (χ3n) is 4.59. The fourth-order valence-electron chi connectivity index (χ4n) is 3.15. The number of carbonyl (C=O) groups excluding carboxylic acids is 1. The molecule has 0 saturated carbocycles. The van der Waals surface area contributed by atoms with E-state index in [1.807, 2.05) is 20.8 Å². The first kappa shape index (κ1) is 23.1. The quantitative estimate of drug-likeness (QED) is 0.303. The molecule has 0 aliphatic heterocycles. The average molecular weight is 385 g/mol. The summed E-state index contributed by atoms with van der Waals surface area (Å²) >= 11 is 0. The highest BCUT2D eigenvalue weighted by Crippen LogP contribution is 2.63. The molecule has 1 heterocycles. The van der Waals surface area contributed by atoms with Crippen molar-refractivity contribution in [2.24, 2.45) is 0 Å². The summed E-state index contributed by atoms with van der Waals surface area (Å²) in [7, 11) is -1.13. The Morgan fingerprint density at radius 1 is 1.04 bits per heavy atom. The van der Waals surface area contributed by atoms with Crippen molar-refractivity contribution < 1.29 is 13.9 Å². The molecule has 1 aromatic rings. The van der Waals surface area contributed by atoms with Crippen molar-refractivity contribution >= 4 is 13.2 Å². The SMILES string of the molecule is CCCC[P+](CCCC)(CCCC)Cc1nc(C(=O)OC(C)(C)C)co1. The number of ether oxygens (including phenoxy) is 1. The lowest BCUT2D eigenvalue weighted by Gasteiger charge is -2.26. The van der Waals surface area contributed by atoms with Gasteiger partial charge in [0.2, 0.25) is 5.89 Å². The van der Waals surface area contributed by atoms with Crippen LogP contribution in [0.5, 0.6) is 0 Å². The number of nitrogens with zero attached hydrogens (tertiary/aromatic N) is 1. The Morgan fingerprint density at radius 2 is 1.54 bits per heavy atom. The van der Waals surface area contributed by atoms with Crippen LogP contribution in [-0.4, -0.2) is 35.0 Å². The Bertz CT molecular complexity index is 512. The summed E-state index contributed by atoms with van der Waals surface area (Å²) < 4.78 is 11.1. The van der Waals surface area contributed by atoms with E-state index in [1.165, 1.54) is 63.3 Å². The van der Waals surface area contributed by atoms with Crippen LogP contribution in [0.4, 0.5) is 0 Å². The Kier molecular flexibility index (Phi) is 9.85. The Balaban J connectivity index is 2.93. The first-order valence-electron chi connectivity index (χ1n) is 10.3. The average Bonchev–Trinajstić information content (AvgIpc) is 3.03. The Morgan fingerprint density at radius 3 is 1.96 bits per heavy atom. The highest BCUT2D eigenvalue weighted by Gasteiger charge is 2.38. The molecule has 0 amide bonds. The van der Waals surface area contributed by atoms with Crippen molar-refractivity contribution in [3.63, 3.8) is 0 Å². The van der Waals surface area contributed by atoms with Gasteiger partial charge in [-0.2, -0.15) is 0 Å². The molecule has 0 bridgehead atoms. The van der Waals surface area contributed by atoms with Crippen LogP contribution >= 0.6 is 7.26 Å². The fraction of sp³-hybridized carbons (Fsp3) is 0.810. The maximum absolute atomic E-state index is 12.2. The van der Waals surface area contributed by atoms with Crippen LogP contribution in [0.3, 0.4) is 0 Å². The van der Waals surface area contributed by atoms with Crippen LogP contribution < -0.4 is 0 Å². The third kappa shape index (κ3) is 8.20. The molecule has 0 aliphatic rings. The molecule has 26 heavy (non-hydrogen) atoms. The minimum absolute atomic E-state index is 0.300. The fourth-order valence-corrected chi connectivity index (χ4v) is 7.97. The number of rotatable bonds is 12. The molecule has 0 unspecified atom stereocenters. The molecule has 0 fully saturated rings. The van der Waals surface area contributed by atoms with Crippen molar-refractivity contribution in [3.8, 4) is 0 Å². The second-order valence-corrected chi connectivity index (χ2v) is 12.7. The molecule has 0 radical (unpaired) electrons. The van der Waals surface area contributed by atoms with Crippen LogP contribution in [0.2, 0.25) is 0 Å². The Hall–Kier alpha value is -0.890. The Labute approximate surface area is 160 Å². The van der Waals surface area contributed by atoms with Gasteiger partial charge < -0.3 is 9.15 Å². The predicted octanol–water partition coefficient (Wildman–Crippen LogP) is 6.55. The lowest BCUT2D eigenvalue weighted by atomic mass is 10.2. The summed E-state index contributed by atoms with van der Waals surface area (Å²) in [6.45, 7) is 12.4. The van der Waals surface area contributed by atoms with Gasteiger partial charge in [0.1, 0.15) is 18.0 Å². The molecular weight excluding hydrogens is 345 g/mol. The summed E-state index contributed by atoms with van der Waals surface area (Å²) in [4.78, 5) is 16.7. The summed E-state index contributed by atoms with van der Waals surface area (Å²) in [5.74, 6) is 0.328. The number of carbonyl (C=O) groups is 1. The highest BCUT2D eigenvalue weighted by atomic mass is 31.2. The lowest BCUT2D eigenvalue weighted by molar-refractivity contribution is 0.00627. The van der Waals surface area contributed by atoms with Gasteiger partial charge in [0.15, 0.2) is 5.69 Å². The van der Waals surface area contributed by atoms with Gasteiger partial charge in [-0.25, -0.2) is 9.78 Å². The smallest absolute Gasteiger partial charge is 0.360 e. The third-order valence-corrected chi connectivity index (χ3v) is 9.32. The number of esters is 1. The van der Waals surface area contributed by atoms with Gasteiger partial charge in [-0.15, -0.1) is 0 Å². The summed E-state index contributed by atoms with van der Waals surface area (Å²) in [5.41, 5.74) is -0.217. The lowest BCUT2D eigenvalue weighted by Crippen LogP contribution is -2.24. The van der Waals surface area contributed by atoms with Crippen LogP contribution in [-0.2, 0) is 10.9 Å². The zero-order valence-electron chi connectivity index (χ0n) is 17.8. The standard InChI is InChI=1S/C21H39NO3P/c1-7-10-13-26(14-11-8-2,15-12-9-3)17-19-22-18(16-24-19)20(23)25-21(4,5)6/h16H,7-15,17H2,1-6H3/q+1. The molecular formula is C21H39NO3P+. The first-order chi connectivity index (χ1) is 12.2. The molecule has 0 aromatic carbocycles. The van der Waals surface area contributed by atoms with E-state index >= 15 is 0 Å². The van der Waals surface area contributed by atoms with Crippen molar-refractivity contribution in [1.82, 2.24) is 4.98 Å². The molecule has 5 heteroatoms. The number of oxazole rings is 1. The van der Waals surface area contributed by atoms with Crippen molar-refractivity contribution in [2.75, 3.05) is 18.5 Å². The largest absolute Gasteiger partial charge is 0.455 e. The number of aromatic nitrogens is 1. The molecule has 1 aromatic heterocycles. The van der Waals surface area contributed by atoms with E-state index in [4.69, 9.17) is 9.15 Å². The van der Waals surface area contributed by atoms with E-state index in [1.54, 1.807) is 0 Å². The van der Waals surface area contributed by atoms with E-state index < -0.39 is 18.8 Å². The minimum Gasteiger partial charge on any atom is -0.455 e. The topological polar surface area (TPSA) is 52.3 Å². The monoisotopic (exact) mass is 384 g/mol. The molecule has 0 N–H and O–H groups in total. The first-order valence-corrected chi connectivity index (χ1v) is 12.8. The number of unbranched alkanes of at least 4 members (excludes halogenated alkanes) is 3. The van der Waals surface area contributed by atoms with E-state index in [2.05, 4.69) is 25.8 Å². The summed E-state index contributed by atoms with van der Waals surface area (Å²) in [5, 5.41) is 0. The van der Waals surface area contributed by atoms with E-state index in [9.17, 15) is 4.79 Å². The van der Waals surface area contributed by atoms with Gasteiger partial charge in [0, 0.05) is 7.26 Å². The second kappa shape index (κ2) is 11.1. The second-order valence-electron chi connectivity index (χ2n) is 8.36. The van der Waals surface area contributed by atoms with Crippen LogP contribution in [0.15, 0.2) is 10.7 Å². The zero-order valence-corrected chi connectivity index (χ0v) is 18.7. The molecule has 0 saturated heterocycles. The van der Waals surface area contributed by atoms with Gasteiger partial charge >= 0.3 is 5.97 Å². The van der Waals surface area contributed by atoms with Crippen LogP contribution in [0.25, 0.3) is 0 Å². The molecule has 150 valence electrons. The highest BCUT2D eigenvalue weighted by molar-refractivity contribution is 7.75. The molecule has 4 nitrogen and oxygen atoms in total. The molecule has 1 rings (SSSR count).